The molecule has 0 saturated carbocycles. The lowest BCUT2D eigenvalue weighted by Gasteiger charge is -2.02. The maximum atomic E-state index is 10.00. The van der Waals surface area contributed by atoms with Crippen LogP contribution >= 0.6 is 15.9 Å². The molecule has 0 aliphatic rings. The molecule has 1 heterocycles. The molecule has 3 nitrogen and oxygen atoms in total. The summed E-state index contributed by atoms with van der Waals surface area (Å²) in [5, 5.41) is 2.23. The Morgan fingerprint density at radius 3 is 3.00 bits per heavy atom. The van der Waals surface area contributed by atoms with Gasteiger partial charge in [-0.3, -0.25) is 9.78 Å². The van der Waals surface area contributed by atoms with Crippen molar-refractivity contribution in [2.24, 2.45) is 0 Å². The fourth-order valence-corrected chi connectivity index (χ4v) is 1.89. The molecular weight excluding hydrogens is 270 g/mol. The van der Waals surface area contributed by atoms with Gasteiger partial charge in [-0.15, -0.1) is 0 Å². The van der Waals surface area contributed by atoms with E-state index in [0.717, 1.165) is 20.9 Å². The van der Waals surface area contributed by atoms with E-state index < -0.39 is 0 Å². The SMILES string of the molecule is O=COCCc1cc2ccc(Br)cc2cn1. The molecule has 1 aromatic heterocycles. The summed E-state index contributed by atoms with van der Waals surface area (Å²) < 4.78 is 5.68. The van der Waals surface area contributed by atoms with Crippen molar-refractivity contribution in [3.8, 4) is 0 Å². The molecule has 1 aromatic carbocycles. The smallest absolute Gasteiger partial charge is 0.293 e. The molecule has 0 amide bonds. The van der Waals surface area contributed by atoms with Crippen molar-refractivity contribution >= 4 is 33.2 Å². The molecule has 0 unspecified atom stereocenters. The Hall–Kier alpha value is -1.42. The van der Waals surface area contributed by atoms with Crippen molar-refractivity contribution in [1.29, 1.82) is 0 Å². The van der Waals surface area contributed by atoms with Gasteiger partial charge >= 0.3 is 0 Å². The highest BCUT2D eigenvalue weighted by Crippen LogP contribution is 2.19. The zero-order valence-electron chi connectivity index (χ0n) is 8.52. The molecule has 0 aliphatic heterocycles. The van der Waals surface area contributed by atoms with E-state index in [1.165, 1.54) is 0 Å². The number of rotatable bonds is 4. The molecule has 2 aromatic rings. The number of pyridine rings is 1. The molecule has 0 aliphatic carbocycles. The van der Waals surface area contributed by atoms with Gasteiger partial charge in [-0.05, 0) is 23.6 Å². The number of aromatic nitrogens is 1. The molecule has 2 rings (SSSR count). The minimum Gasteiger partial charge on any atom is -0.467 e. The summed E-state index contributed by atoms with van der Waals surface area (Å²) in [6.45, 7) is 0.830. The van der Waals surface area contributed by atoms with E-state index in [4.69, 9.17) is 0 Å². The lowest BCUT2D eigenvalue weighted by Crippen LogP contribution is -1.98. The number of ether oxygens (including phenoxy) is 1. The fraction of sp³-hybridized carbons (Fsp3) is 0.167. The van der Waals surface area contributed by atoms with Gasteiger partial charge < -0.3 is 4.74 Å². The van der Waals surface area contributed by atoms with Gasteiger partial charge in [0.15, 0.2) is 0 Å². The highest BCUT2D eigenvalue weighted by atomic mass is 79.9. The van der Waals surface area contributed by atoms with E-state index in [9.17, 15) is 4.79 Å². The number of nitrogens with zero attached hydrogens (tertiary/aromatic N) is 1. The number of carbonyl (C=O) groups excluding carboxylic acids is 1. The van der Waals surface area contributed by atoms with E-state index in [-0.39, 0.29) is 0 Å². The van der Waals surface area contributed by atoms with Gasteiger partial charge in [0, 0.05) is 28.2 Å². The quantitative estimate of drug-likeness (QED) is 0.638. The molecule has 0 bridgehead atoms. The zero-order chi connectivity index (χ0) is 11.4. The molecule has 4 heteroatoms. The first-order valence-electron chi connectivity index (χ1n) is 4.89. The molecule has 0 atom stereocenters. The zero-order valence-corrected chi connectivity index (χ0v) is 10.1. The highest BCUT2D eigenvalue weighted by Gasteiger charge is 1.99. The van der Waals surface area contributed by atoms with Crippen molar-refractivity contribution in [1.82, 2.24) is 4.98 Å². The van der Waals surface area contributed by atoms with E-state index in [1.807, 2.05) is 30.5 Å². The Morgan fingerprint density at radius 2 is 2.19 bits per heavy atom. The largest absolute Gasteiger partial charge is 0.467 e. The van der Waals surface area contributed by atoms with E-state index in [1.54, 1.807) is 0 Å². The van der Waals surface area contributed by atoms with Gasteiger partial charge in [0.25, 0.3) is 6.47 Å². The minimum absolute atomic E-state index is 0.374. The van der Waals surface area contributed by atoms with Crippen molar-refractivity contribution in [3.05, 3.63) is 40.6 Å². The maximum absolute atomic E-state index is 10.00. The third-order valence-corrected chi connectivity index (χ3v) is 2.78. The van der Waals surface area contributed by atoms with Crippen molar-refractivity contribution in [2.75, 3.05) is 6.61 Å². The second-order valence-electron chi connectivity index (χ2n) is 3.38. The first-order chi connectivity index (χ1) is 7.79. The lowest BCUT2D eigenvalue weighted by molar-refractivity contribution is -0.128. The van der Waals surface area contributed by atoms with Crippen LogP contribution in [0.2, 0.25) is 0 Å². The lowest BCUT2D eigenvalue weighted by atomic mass is 10.1. The molecule has 0 spiro atoms. The maximum Gasteiger partial charge on any atom is 0.293 e. The Kier molecular flexibility index (Phi) is 3.51. The van der Waals surface area contributed by atoms with Crippen LogP contribution < -0.4 is 0 Å². The summed E-state index contributed by atoms with van der Waals surface area (Å²) in [6, 6.07) is 8.06. The van der Waals surface area contributed by atoms with Crippen LogP contribution in [0.3, 0.4) is 0 Å². The van der Waals surface area contributed by atoms with Gasteiger partial charge in [0.2, 0.25) is 0 Å². The summed E-state index contributed by atoms with van der Waals surface area (Å²) in [6.07, 6.45) is 2.47. The Labute approximate surface area is 102 Å². The third kappa shape index (κ3) is 2.58. The predicted molar refractivity (Wildman–Crippen MR) is 65.2 cm³/mol. The minimum atomic E-state index is 0.374. The average molecular weight is 280 g/mol. The first-order valence-corrected chi connectivity index (χ1v) is 5.68. The first kappa shape index (κ1) is 11.1. The molecule has 0 saturated heterocycles. The Balaban J connectivity index is 2.23. The summed E-state index contributed by atoms with van der Waals surface area (Å²) in [7, 11) is 0. The van der Waals surface area contributed by atoms with Crippen molar-refractivity contribution in [2.45, 2.75) is 6.42 Å². The molecular formula is C12H10BrNO2. The van der Waals surface area contributed by atoms with Gasteiger partial charge in [-0.25, -0.2) is 0 Å². The molecule has 16 heavy (non-hydrogen) atoms. The number of hydrogen-bond acceptors (Lipinski definition) is 3. The third-order valence-electron chi connectivity index (χ3n) is 2.28. The number of carbonyl (C=O) groups is 1. The average Bonchev–Trinajstić information content (AvgIpc) is 2.29. The predicted octanol–water partition coefficient (Wildman–Crippen LogP) is 2.71. The van der Waals surface area contributed by atoms with Gasteiger partial charge in [-0.1, -0.05) is 22.0 Å². The van der Waals surface area contributed by atoms with Crippen LogP contribution in [0.5, 0.6) is 0 Å². The molecule has 0 fully saturated rings. The van der Waals surface area contributed by atoms with Crippen LogP contribution in [0.25, 0.3) is 10.8 Å². The van der Waals surface area contributed by atoms with Crippen LogP contribution in [0.1, 0.15) is 5.69 Å². The van der Waals surface area contributed by atoms with Crippen molar-refractivity contribution < 1.29 is 9.53 Å². The molecule has 0 radical (unpaired) electrons. The normalized spacial score (nSPS) is 10.3. The number of halogens is 1. The van der Waals surface area contributed by atoms with Crippen LogP contribution in [0.15, 0.2) is 34.9 Å². The fourth-order valence-electron chi connectivity index (χ4n) is 1.51. The Bertz CT molecular complexity index is 513. The van der Waals surface area contributed by atoms with Crippen LogP contribution in [-0.2, 0) is 16.0 Å². The highest BCUT2D eigenvalue weighted by molar-refractivity contribution is 9.10. The summed E-state index contributed by atoms with van der Waals surface area (Å²) in [4.78, 5) is 14.3. The summed E-state index contributed by atoms with van der Waals surface area (Å²) >= 11 is 3.42. The van der Waals surface area contributed by atoms with Gasteiger partial charge in [0.1, 0.15) is 0 Å². The van der Waals surface area contributed by atoms with Crippen LogP contribution in [0, 0.1) is 0 Å². The van der Waals surface area contributed by atoms with Gasteiger partial charge in [-0.2, -0.15) is 0 Å². The number of fused-ring (bicyclic) bond motifs is 1. The second kappa shape index (κ2) is 5.07. The monoisotopic (exact) mass is 279 g/mol. The van der Waals surface area contributed by atoms with Crippen LogP contribution in [0.4, 0.5) is 0 Å². The van der Waals surface area contributed by atoms with E-state index in [2.05, 4.69) is 25.7 Å². The van der Waals surface area contributed by atoms with E-state index >= 15 is 0 Å². The standard InChI is InChI=1S/C12H10BrNO2/c13-11-2-1-9-6-12(3-4-16-8-15)14-7-10(9)5-11/h1-2,5-8H,3-4H2. The van der Waals surface area contributed by atoms with Crippen molar-refractivity contribution in [3.63, 3.8) is 0 Å². The van der Waals surface area contributed by atoms with E-state index in [0.29, 0.717) is 19.5 Å². The van der Waals surface area contributed by atoms with Gasteiger partial charge in [0.05, 0.1) is 6.61 Å². The summed E-state index contributed by atoms with van der Waals surface area (Å²) in [5.74, 6) is 0. The molecule has 0 N–H and O–H groups in total. The summed E-state index contributed by atoms with van der Waals surface area (Å²) in [5.41, 5.74) is 0.927. The number of hydrogen-bond donors (Lipinski definition) is 0. The second-order valence-corrected chi connectivity index (χ2v) is 4.30. The Morgan fingerprint density at radius 1 is 1.31 bits per heavy atom. The number of benzene rings is 1. The molecule has 82 valence electrons. The van der Waals surface area contributed by atoms with Crippen LogP contribution in [-0.4, -0.2) is 18.1 Å². The topological polar surface area (TPSA) is 39.2 Å².